The highest BCUT2D eigenvalue weighted by Gasteiger charge is 2.18. The van der Waals surface area contributed by atoms with Crippen molar-refractivity contribution in [1.29, 1.82) is 0 Å². The van der Waals surface area contributed by atoms with E-state index in [0.717, 1.165) is 11.1 Å². The molecule has 0 N–H and O–H groups in total. The first kappa shape index (κ1) is 17.6. The third-order valence-electron chi connectivity index (χ3n) is 4.11. The molecule has 5 nitrogen and oxygen atoms in total. The van der Waals surface area contributed by atoms with E-state index in [2.05, 4.69) is 10.2 Å². The van der Waals surface area contributed by atoms with Crippen LogP contribution in [0.2, 0.25) is 5.02 Å². The summed E-state index contributed by atoms with van der Waals surface area (Å²) in [4.78, 5) is 14.2. The Bertz CT molecular complexity index is 830. The molecule has 0 spiro atoms. The first-order valence-corrected chi connectivity index (χ1v) is 9.22. The first-order chi connectivity index (χ1) is 12.0. The van der Waals surface area contributed by atoms with E-state index in [1.807, 2.05) is 48.0 Å². The molecule has 1 amide bonds. The summed E-state index contributed by atoms with van der Waals surface area (Å²) in [5.74, 6) is 0.992. The van der Waals surface area contributed by atoms with Crippen molar-refractivity contribution < 1.29 is 9.21 Å². The molecule has 0 bridgehead atoms. The fourth-order valence-corrected chi connectivity index (χ4v) is 3.18. The van der Waals surface area contributed by atoms with Crippen LogP contribution in [0.5, 0.6) is 0 Å². The average Bonchev–Trinajstić information content (AvgIpc) is 3.30. The Morgan fingerprint density at radius 2 is 2.04 bits per heavy atom. The SMILES string of the molecule is CC(c1ccc(Cl)cc1)N(C)C(=O)CCc1nnc(-c2ccsc2)o1. The normalized spacial score (nSPS) is 12.1. The number of hydrogen-bond donors (Lipinski definition) is 0. The zero-order valence-corrected chi connectivity index (χ0v) is 15.5. The summed E-state index contributed by atoms with van der Waals surface area (Å²) < 4.78 is 5.62. The highest BCUT2D eigenvalue weighted by atomic mass is 35.5. The summed E-state index contributed by atoms with van der Waals surface area (Å²) in [6.07, 6.45) is 0.743. The molecule has 0 aliphatic rings. The Kier molecular flexibility index (Phi) is 5.50. The second-order valence-electron chi connectivity index (χ2n) is 5.75. The molecule has 3 aromatic rings. The molecule has 1 aromatic carbocycles. The Labute approximate surface area is 155 Å². The molecule has 7 heteroatoms. The van der Waals surface area contributed by atoms with Crippen LogP contribution in [0.1, 0.15) is 30.8 Å². The number of thiophene rings is 1. The minimum Gasteiger partial charge on any atom is -0.421 e. The maximum Gasteiger partial charge on any atom is 0.248 e. The summed E-state index contributed by atoms with van der Waals surface area (Å²) in [6, 6.07) is 9.42. The van der Waals surface area contributed by atoms with Gasteiger partial charge in [-0.3, -0.25) is 4.79 Å². The van der Waals surface area contributed by atoms with Gasteiger partial charge in [-0.2, -0.15) is 11.3 Å². The lowest BCUT2D eigenvalue weighted by molar-refractivity contribution is -0.131. The summed E-state index contributed by atoms with van der Waals surface area (Å²) in [5.41, 5.74) is 1.95. The summed E-state index contributed by atoms with van der Waals surface area (Å²) in [6.45, 7) is 1.99. The zero-order valence-electron chi connectivity index (χ0n) is 14.0. The van der Waals surface area contributed by atoms with Gasteiger partial charge in [0.2, 0.25) is 17.7 Å². The van der Waals surface area contributed by atoms with Crippen LogP contribution in [0, 0.1) is 0 Å². The monoisotopic (exact) mass is 375 g/mol. The number of aryl methyl sites for hydroxylation is 1. The van der Waals surface area contributed by atoms with Crippen molar-refractivity contribution in [2.75, 3.05) is 7.05 Å². The minimum atomic E-state index is -0.0335. The maximum absolute atomic E-state index is 12.4. The van der Waals surface area contributed by atoms with Crippen molar-refractivity contribution >= 4 is 28.8 Å². The first-order valence-electron chi connectivity index (χ1n) is 7.90. The molecular weight excluding hydrogens is 358 g/mol. The number of carbonyl (C=O) groups is 1. The fraction of sp³-hybridized carbons (Fsp3) is 0.278. The predicted molar refractivity (Wildman–Crippen MR) is 98.6 cm³/mol. The van der Waals surface area contributed by atoms with Gasteiger partial charge in [0.25, 0.3) is 0 Å². The largest absolute Gasteiger partial charge is 0.421 e. The van der Waals surface area contributed by atoms with Gasteiger partial charge in [-0.1, -0.05) is 23.7 Å². The van der Waals surface area contributed by atoms with Crippen molar-refractivity contribution in [2.24, 2.45) is 0 Å². The number of amides is 1. The van der Waals surface area contributed by atoms with Crippen LogP contribution in [0.4, 0.5) is 0 Å². The number of carbonyl (C=O) groups excluding carboxylic acids is 1. The van der Waals surface area contributed by atoms with Crippen LogP contribution < -0.4 is 0 Å². The standard InChI is InChI=1S/C18H18ClN3O2S/c1-12(13-3-5-15(19)6-4-13)22(2)17(23)8-7-16-20-21-18(24-16)14-9-10-25-11-14/h3-6,9-12H,7-8H2,1-2H3. The maximum atomic E-state index is 12.4. The van der Waals surface area contributed by atoms with Crippen molar-refractivity contribution in [3.8, 4) is 11.5 Å². The summed E-state index contributed by atoms with van der Waals surface area (Å²) in [7, 11) is 1.80. The Hall–Kier alpha value is -2.18. The zero-order chi connectivity index (χ0) is 17.8. The topological polar surface area (TPSA) is 59.2 Å². The van der Waals surface area contributed by atoms with E-state index in [9.17, 15) is 4.79 Å². The van der Waals surface area contributed by atoms with Crippen LogP contribution in [-0.4, -0.2) is 28.1 Å². The van der Waals surface area contributed by atoms with Crippen molar-refractivity contribution in [3.05, 3.63) is 57.6 Å². The molecule has 2 aromatic heterocycles. The molecule has 0 saturated heterocycles. The lowest BCUT2D eigenvalue weighted by Crippen LogP contribution is -2.29. The smallest absolute Gasteiger partial charge is 0.248 e. The Morgan fingerprint density at radius 1 is 1.28 bits per heavy atom. The van der Waals surface area contributed by atoms with Gasteiger partial charge in [0.1, 0.15) is 0 Å². The predicted octanol–water partition coefficient (Wildman–Crippen LogP) is 4.60. The van der Waals surface area contributed by atoms with Crippen LogP contribution >= 0.6 is 22.9 Å². The average molecular weight is 376 g/mol. The van der Waals surface area contributed by atoms with Gasteiger partial charge in [0, 0.05) is 35.9 Å². The van der Waals surface area contributed by atoms with E-state index in [4.69, 9.17) is 16.0 Å². The molecule has 25 heavy (non-hydrogen) atoms. The minimum absolute atomic E-state index is 0.0257. The summed E-state index contributed by atoms with van der Waals surface area (Å²) in [5, 5.41) is 12.6. The molecule has 1 unspecified atom stereocenters. The van der Waals surface area contributed by atoms with Crippen molar-refractivity contribution in [3.63, 3.8) is 0 Å². The number of hydrogen-bond acceptors (Lipinski definition) is 5. The van der Waals surface area contributed by atoms with Gasteiger partial charge in [-0.15, -0.1) is 10.2 Å². The Morgan fingerprint density at radius 3 is 2.72 bits per heavy atom. The molecular formula is C18H18ClN3O2S. The van der Waals surface area contributed by atoms with Crippen LogP contribution in [0.25, 0.3) is 11.5 Å². The number of nitrogens with zero attached hydrogens (tertiary/aromatic N) is 3. The third-order valence-corrected chi connectivity index (χ3v) is 5.05. The number of rotatable bonds is 6. The second-order valence-corrected chi connectivity index (χ2v) is 6.96. The van der Waals surface area contributed by atoms with Gasteiger partial charge in [-0.25, -0.2) is 0 Å². The second kappa shape index (κ2) is 7.80. The molecule has 0 fully saturated rings. The number of benzene rings is 1. The van der Waals surface area contributed by atoms with E-state index in [1.54, 1.807) is 23.3 Å². The molecule has 0 radical (unpaired) electrons. The van der Waals surface area contributed by atoms with Crippen LogP contribution in [0.15, 0.2) is 45.5 Å². The molecule has 0 aliphatic carbocycles. The van der Waals surface area contributed by atoms with E-state index in [-0.39, 0.29) is 11.9 Å². The molecule has 3 rings (SSSR count). The highest BCUT2D eigenvalue weighted by molar-refractivity contribution is 7.08. The van der Waals surface area contributed by atoms with Crippen LogP contribution in [-0.2, 0) is 11.2 Å². The van der Waals surface area contributed by atoms with Crippen LogP contribution in [0.3, 0.4) is 0 Å². The van der Waals surface area contributed by atoms with Gasteiger partial charge in [0.15, 0.2) is 0 Å². The summed E-state index contributed by atoms with van der Waals surface area (Å²) >= 11 is 7.48. The lowest BCUT2D eigenvalue weighted by Gasteiger charge is -2.25. The number of halogens is 1. The molecule has 2 heterocycles. The van der Waals surface area contributed by atoms with E-state index >= 15 is 0 Å². The highest BCUT2D eigenvalue weighted by Crippen LogP contribution is 2.23. The van der Waals surface area contributed by atoms with E-state index < -0.39 is 0 Å². The molecule has 0 saturated carbocycles. The van der Waals surface area contributed by atoms with Gasteiger partial charge in [-0.05, 0) is 36.1 Å². The van der Waals surface area contributed by atoms with Gasteiger partial charge >= 0.3 is 0 Å². The van der Waals surface area contributed by atoms with Gasteiger partial charge in [0.05, 0.1) is 6.04 Å². The van der Waals surface area contributed by atoms with Crippen molar-refractivity contribution in [1.82, 2.24) is 15.1 Å². The number of aromatic nitrogens is 2. The van der Waals surface area contributed by atoms with Gasteiger partial charge < -0.3 is 9.32 Å². The molecule has 130 valence electrons. The van der Waals surface area contributed by atoms with E-state index in [1.165, 1.54) is 0 Å². The van der Waals surface area contributed by atoms with E-state index in [0.29, 0.717) is 29.6 Å². The quantitative estimate of drug-likeness (QED) is 0.631. The lowest BCUT2D eigenvalue weighted by atomic mass is 10.1. The third kappa shape index (κ3) is 4.27. The van der Waals surface area contributed by atoms with Crippen molar-refractivity contribution in [2.45, 2.75) is 25.8 Å². The molecule has 0 aliphatic heterocycles. The Balaban J connectivity index is 1.57. The fourth-order valence-electron chi connectivity index (χ4n) is 2.43. The molecule has 1 atom stereocenters.